The van der Waals surface area contributed by atoms with E-state index in [4.69, 9.17) is 9.26 Å². The van der Waals surface area contributed by atoms with Crippen molar-refractivity contribution in [2.45, 2.75) is 6.54 Å². The number of rotatable bonds is 5. The maximum absolute atomic E-state index is 11.7. The summed E-state index contributed by atoms with van der Waals surface area (Å²) in [6.45, 7) is 0.211. The number of hydrogen-bond donors (Lipinski definition) is 2. The number of carbonyl (C=O) groups excluding carboxylic acids is 1. The first kappa shape index (κ1) is 13.8. The number of aromatic nitrogens is 4. The lowest BCUT2D eigenvalue weighted by Gasteiger charge is -2.00. The molecule has 8 nitrogen and oxygen atoms in total. The second-order valence-electron chi connectivity index (χ2n) is 4.45. The van der Waals surface area contributed by atoms with Crippen molar-refractivity contribution in [3.8, 4) is 17.0 Å². The third-order valence-electron chi connectivity index (χ3n) is 3.00. The first-order valence-electron chi connectivity index (χ1n) is 6.50. The zero-order valence-electron chi connectivity index (χ0n) is 11.7. The van der Waals surface area contributed by atoms with Gasteiger partial charge in [0.1, 0.15) is 11.4 Å². The number of benzene rings is 1. The molecule has 0 radical (unpaired) electrons. The van der Waals surface area contributed by atoms with Gasteiger partial charge >= 0.3 is 0 Å². The van der Waals surface area contributed by atoms with Crippen LogP contribution in [0.15, 0.2) is 41.1 Å². The molecule has 0 saturated carbocycles. The van der Waals surface area contributed by atoms with Gasteiger partial charge in [-0.1, -0.05) is 17.3 Å². The summed E-state index contributed by atoms with van der Waals surface area (Å²) in [6, 6.07) is 9.24. The minimum Gasteiger partial charge on any atom is -0.497 e. The SMILES string of the molecule is COc1cccc(-c2cc(CNC(=O)c3cn[nH]n3)on2)c1. The van der Waals surface area contributed by atoms with E-state index in [1.54, 1.807) is 13.2 Å². The van der Waals surface area contributed by atoms with E-state index in [2.05, 4.69) is 25.9 Å². The predicted octanol–water partition coefficient (Wildman–Crippen LogP) is 1.40. The molecule has 8 heteroatoms. The lowest BCUT2D eigenvalue weighted by molar-refractivity contribution is 0.0942. The van der Waals surface area contributed by atoms with Gasteiger partial charge in [-0.25, -0.2) is 0 Å². The van der Waals surface area contributed by atoms with E-state index in [0.717, 1.165) is 11.3 Å². The largest absolute Gasteiger partial charge is 0.497 e. The summed E-state index contributed by atoms with van der Waals surface area (Å²) in [4.78, 5) is 11.7. The minimum absolute atomic E-state index is 0.211. The van der Waals surface area contributed by atoms with Crippen molar-refractivity contribution in [1.82, 2.24) is 25.9 Å². The van der Waals surface area contributed by atoms with Gasteiger partial charge in [0.15, 0.2) is 11.5 Å². The first-order valence-corrected chi connectivity index (χ1v) is 6.50. The number of nitrogens with zero attached hydrogens (tertiary/aromatic N) is 3. The fraction of sp³-hybridized carbons (Fsp3) is 0.143. The van der Waals surface area contributed by atoms with Crippen molar-refractivity contribution in [3.63, 3.8) is 0 Å². The Morgan fingerprint density at radius 1 is 1.41 bits per heavy atom. The predicted molar refractivity (Wildman–Crippen MR) is 76.0 cm³/mol. The number of hydrogen-bond acceptors (Lipinski definition) is 6. The molecule has 0 saturated heterocycles. The Bertz CT molecular complexity index is 766. The summed E-state index contributed by atoms with van der Waals surface area (Å²) in [5, 5.41) is 16.3. The van der Waals surface area contributed by atoms with E-state index in [1.165, 1.54) is 6.20 Å². The number of amides is 1. The molecule has 0 fully saturated rings. The van der Waals surface area contributed by atoms with Crippen LogP contribution in [0.1, 0.15) is 16.2 Å². The highest BCUT2D eigenvalue weighted by molar-refractivity contribution is 5.91. The van der Waals surface area contributed by atoms with Crippen molar-refractivity contribution in [3.05, 3.63) is 48.0 Å². The molecule has 3 aromatic rings. The molecule has 112 valence electrons. The molecular weight excluding hydrogens is 286 g/mol. The van der Waals surface area contributed by atoms with Crippen molar-refractivity contribution in [2.24, 2.45) is 0 Å². The monoisotopic (exact) mass is 299 g/mol. The highest BCUT2D eigenvalue weighted by Crippen LogP contribution is 2.23. The van der Waals surface area contributed by atoms with Crippen molar-refractivity contribution < 1.29 is 14.1 Å². The zero-order valence-corrected chi connectivity index (χ0v) is 11.7. The molecule has 0 aliphatic carbocycles. The van der Waals surface area contributed by atoms with Crippen LogP contribution in [0.5, 0.6) is 5.75 Å². The van der Waals surface area contributed by atoms with Crippen LogP contribution in [-0.4, -0.2) is 33.6 Å². The average molecular weight is 299 g/mol. The van der Waals surface area contributed by atoms with Gasteiger partial charge in [-0.15, -0.1) is 0 Å². The molecule has 2 aromatic heterocycles. The number of carbonyl (C=O) groups is 1. The van der Waals surface area contributed by atoms with Crippen molar-refractivity contribution in [2.75, 3.05) is 7.11 Å². The fourth-order valence-corrected chi connectivity index (χ4v) is 1.88. The van der Waals surface area contributed by atoms with E-state index in [0.29, 0.717) is 11.5 Å². The van der Waals surface area contributed by atoms with Crippen molar-refractivity contribution in [1.29, 1.82) is 0 Å². The van der Waals surface area contributed by atoms with E-state index in [9.17, 15) is 4.79 Å². The van der Waals surface area contributed by atoms with Gasteiger partial charge in [0, 0.05) is 11.6 Å². The van der Waals surface area contributed by atoms with Gasteiger partial charge in [-0.3, -0.25) is 4.79 Å². The van der Waals surface area contributed by atoms with Crippen LogP contribution in [0.3, 0.4) is 0 Å². The molecule has 0 spiro atoms. The van der Waals surface area contributed by atoms with Crippen LogP contribution in [0.25, 0.3) is 11.3 Å². The summed E-state index contributed by atoms with van der Waals surface area (Å²) in [5.41, 5.74) is 1.76. The Morgan fingerprint density at radius 3 is 3.09 bits per heavy atom. The summed E-state index contributed by atoms with van der Waals surface area (Å²) in [5.74, 6) is 0.934. The molecule has 22 heavy (non-hydrogen) atoms. The second-order valence-corrected chi connectivity index (χ2v) is 4.45. The summed E-state index contributed by atoms with van der Waals surface area (Å²) >= 11 is 0. The van der Waals surface area contributed by atoms with Gasteiger partial charge in [-0.05, 0) is 12.1 Å². The molecule has 1 aromatic carbocycles. The Labute approximate surface area is 125 Å². The number of ether oxygens (including phenoxy) is 1. The van der Waals surface area contributed by atoms with Gasteiger partial charge in [-0.2, -0.15) is 15.4 Å². The number of methoxy groups -OCH3 is 1. The topological polar surface area (TPSA) is 106 Å². The molecule has 0 aliphatic rings. The van der Waals surface area contributed by atoms with E-state index in [1.807, 2.05) is 24.3 Å². The quantitative estimate of drug-likeness (QED) is 0.737. The number of aromatic amines is 1. The summed E-state index contributed by atoms with van der Waals surface area (Å²) in [7, 11) is 1.60. The normalized spacial score (nSPS) is 10.4. The molecule has 0 bridgehead atoms. The maximum atomic E-state index is 11.7. The lowest BCUT2D eigenvalue weighted by atomic mass is 10.1. The van der Waals surface area contributed by atoms with Crippen molar-refractivity contribution >= 4 is 5.91 Å². The van der Waals surface area contributed by atoms with Gasteiger partial charge in [0.05, 0.1) is 19.9 Å². The Morgan fingerprint density at radius 2 is 2.32 bits per heavy atom. The Balaban J connectivity index is 1.67. The molecule has 3 rings (SSSR count). The zero-order chi connectivity index (χ0) is 15.4. The Hall–Kier alpha value is -3.16. The smallest absolute Gasteiger partial charge is 0.273 e. The molecule has 2 N–H and O–H groups in total. The first-order chi connectivity index (χ1) is 10.8. The molecule has 0 unspecified atom stereocenters. The average Bonchev–Trinajstić information content (AvgIpc) is 3.24. The van der Waals surface area contributed by atoms with Crippen LogP contribution >= 0.6 is 0 Å². The highest BCUT2D eigenvalue weighted by atomic mass is 16.5. The number of H-pyrrole nitrogens is 1. The highest BCUT2D eigenvalue weighted by Gasteiger charge is 2.11. The molecule has 2 heterocycles. The van der Waals surface area contributed by atoms with E-state index < -0.39 is 0 Å². The minimum atomic E-state index is -0.340. The van der Waals surface area contributed by atoms with Crippen LogP contribution in [0.4, 0.5) is 0 Å². The number of nitrogens with one attached hydrogen (secondary N) is 2. The third kappa shape index (κ3) is 2.95. The molecule has 0 atom stereocenters. The van der Waals surface area contributed by atoms with Gasteiger partial charge in [0.25, 0.3) is 5.91 Å². The van der Waals surface area contributed by atoms with E-state index in [-0.39, 0.29) is 18.1 Å². The third-order valence-corrected chi connectivity index (χ3v) is 3.00. The van der Waals surface area contributed by atoms with E-state index >= 15 is 0 Å². The van der Waals surface area contributed by atoms with Crippen LogP contribution in [0, 0.1) is 0 Å². The van der Waals surface area contributed by atoms with Crippen LogP contribution in [-0.2, 0) is 6.54 Å². The van der Waals surface area contributed by atoms with Gasteiger partial charge < -0.3 is 14.6 Å². The summed E-state index contributed by atoms with van der Waals surface area (Å²) < 4.78 is 10.4. The standard InChI is InChI=1S/C14H13N5O3/c1-21-10-4-2-3-9(5-10)12-6-11(22-18-12)7-15-14(20)13-8-16-19-17-13/h2-6,8H,7H2,1H3,(H,15,20)(H,16,17,19). The van der Waals surface area contributed by atoms with Crippen LogP contribution in [0.2, 0.25) is 0 Å². The second kappa shape index (κ2) is 6.08. The molecule has 0 aliphatic heterocycles. The molecule has 1 amide bonds. The lowest BCUT2D eigenvalue weighted by Crippen LogP contribution is -2.22. The Kier molecular flexibility index (Phi) is 3.82. The molecular formula is C14H13N5O3. The summed E-state index contributed by atoms with van der Waals surface area (Å²) in [6.07, 6.45) is 1.34. The fourth-order valence-electron chi connectivity index (χ4n) is 1.88. The van der Waals surface area contributed by atoms with Gasteiger partial charge in [0.2, 0.25) is 0 Å². The van der Waals surface area contributed by atoms with Crippen LogP contribution < -0.4 is 10.1 Å². The maximum Gasteiger partial charge on any atom is 0.273 e.